The molecule has 1 aliphatic carbocycles. The van der Waals surface area contributed by atoms with Gasteiger partial charge in [0.1, 0.15) is 12.1 Å². The molecule has 0 spiro atoms. The van der Waals surface area contributed by atoms with Crippen molar-refractivity contribution in [3.63, 3.8) is 0 Å². The van der Waals surface area contributed by atoms with Crippen molar-refractivity contribution in [1.29, 1.82) is 0 Å². The van der Waals surface area contributed by atoms with Gasteiger partial charge in [-0.2, -0.15) is 0 Å². The van der Waals surface area contributed by atoms with E-state index in [1.165, 1.54) is 29.5 Å². The molecule has 5 nitrogen and oxygen atoms in total. The summed E-state index contributed by atoms with van der Waals surface area (Å²) in [7, 11) is 4.00. The molecule has 0 bridgehead atoms. The van der Waals surface area contributed by atoms with Crippen LogP contribution in [-0.4, -0.2) is 41.4 Å². The standard InChI is InChI=1S/C18H22N4OS/c1-21(2)17-14-7-8-22(9-15(14)19-11-20-17)18(23)16-13-6-4-3-5-12(13)10-24-16/h10-11H,3-9H2,1-2H3. The van der Waals surface area contributed by atoms with Crippen molar-refractivity contribution in [3.8, 4) is 0 Å². The molecule has 126 valence electrons. The zero-order valence-electron chi connectivity index (χ0n) is 14.2. The third kappa shape index (κ3) is 2.59. The van der Waals surface area contributed by atoms with Crippen molar-refractivity contribution >= 4 is 23.1 Å². The summed E-state index contributed by atoms with van der Waals surface area (Å²) in [4.78, 5) is 26.8. The predicted octanol–water partition coefficient (Wildman–Crippen LogP) is 2.68. The number of aryl methyl sites for hydroxylation is 1. The molecule has 1 aliphatic heterocycles. The van der Waals surface area contributed by atoms with Gasteiger partial charge in [0, 0.05) is 26.2 Å². The van der Waals surface area contributed by atoms with E-state index in [4.69, 9.17) is 0 Å². The third-order valence-corrected chi connectivity index (χ3v) is 6.05. The number of thiophene rings is 1. The lowest BCUT2D eigenvalue weighted by molar-refractivity contribution is 0.0735. The van der Waals surface area contributed by atoms with Crippen molar-refractivity contribution < 1.29 is 4.79 Å². The molecule has 0 saturated heterocycles. The second-order valence-electron chi connectivity index (χ2n) is 6.77. The number of carbonyl (C=O) groups is 1. The first-order valence-electron chi connectivity index (χ1n) is 8.53. The van der Waals surface area contributed by atoms with E-state index in [2.05, 4.69) is 15.3 Å². The molecule has 0 radical (unpaired) electrons. The molecule has 4 rings (SSSR count). The van der Waals surface area contributed by atoms with Crippen LogP contribution in [0.3, 0.4) is 0 Å². The van der Waals surface area contributed by atoms with Crippen LogP contribution in [0.5, 0.6) is 0 Å². The highest BCUT2D eigenvalue weighted by Crippen LogP contribution is 2.32. The summed E-state index contributed by atoms with van der Waals surface area (Å²) in [5, 5.41) is 2.19. The van der Waals surface area contributed by atoms with Crippen LogP contribution in [0, 0.1) is 0 Å². The topological polar surface area (TPSA) is 49.3 Å². The number of amides is 1. The molecule has 2 aliphatic rings. The van der Waals surface area contributed by atoms with Crippen molar-refractivity contribution in [2.45, 2.75) is 38.6 Å². The van der Waals surface area contributed by atoms with Gasteiger partial charge < -0.3 is 9.80 Å². The number of carbonyl (C=O) groups excluding carboxylic acids is 1. The zero-order chi connectivity index (χ0) is 16.7. The van der Waals surface area contributed by atoms with Crippen LogP contribution in [0.2, 0.25) is 0 Å². The van der Waals surface area contributed by atoms with Gasteiger partial charge in [-0.15, -0.1) is 11.3 Å². The lowest BCUT2D eigenvalue weighted by atomic mass is 9.93. The van der Waals surface area contributed by atoms with Gasteiger partial charge in [0.2, 0.25) is 0 Å². The minimum atomic E-state index is 0.179. The Morgan fingerprint density at radius 1 is 1.17 bits per heavy atom. The van der Waals surface area contributed by atoms with E-state index in [1.54, 1.807) is 17.7 Å². The fourth-order valence-corrected chi connectivity index (χ4v) is 4.86. The summed E-state index contributed by atoms with van der Waals surface area (Å²) in [6.07, 6.45) is 7.06. The molecule has 2 aromatic rings. The van der Waals surface area contributed by atoms with Crippen molar-refractivity contribution in [2.75, 3.05) is 25.5 Å². The summed E-state index contributed by atoms with van der Waals surface area (Å²) in [6.45, 7) is 1.33. The Morgan fingerprint density at radius 3 is 2.83 bits per heavy atom. The van der Waals surface area contributed by atoms with Crippen LogP contribution >= 0.6 is 11.3 Å². The minimum absolute atomic E-state index is 0.179. The fraction of sp³-hybridized carbons (Fsp3) is 0.500. The largest absolute Gasteiger partial charge is 0.362 e. The third-order valence-electron chi connectivity index (χ3n) is 4.99. The van der Waals surface area contributed by atoms with E-state index in [0.717, 1.165) is 42.2 Å². The lowest BCUT2D eigenvalue weighted by Gasteiger charge is -2.30. The van der Waals surface area contributed by atoms with Gasteiger partial charge in [0.15, 0.2) is 0 Å². The van der Waals surface area contributed by atoms with E-state index in [0.29, 0.717) is 6.54 Å². The van der Waals surface area contributed by atoms with E-state index in [9.17, 15) is 4.79 Å². The molecule has 0 aromatic carbocycles. The average Bonchev–Trinajstić information content (AvgIpc) is 3.04. The molecule has 1 amide bonds. The van der Waals surface area contributed by atoms with E-state index < -0.39 is 0 Å². The number of hydrogen-bond acceptors (Lipinski definition) is 5. The van der Waals surface area contributed by atoms with Crippen LogP contribution in [-0.2, 0) is 25.8 Å². The molecule has 3 heterocycles. The smallest absolute Gasteiger partial charge is 0.264 e. The summed E-state index contributed by atoms with van der Waals surface area (Å²) in [5.41, 5.74) is 4.86. The quantitative estimate of drug-likeness (QED) is 0.842. The molecule has 2 aromatic heterocycles. The SMILES string of the molecule is CN(C)c1ncnc2c1CCN(C(=O)c1scc3c1CCCC3)C2. The van der Waals surface area contributed by atoms with Gasteiger partial charge >= 0.3 is 0 Å². The summed E-state index contributed by atoms with van der Waals surface area (Å²) < 4.78 is 0. The monoisotopic (exact) mass is 342 g/mol. The number of fused-ring (bicyclic) bond motifs is 2. The fourth-order valence-electron chi connectivity index (χ4n) is 3.74. The molecule has 0 atom stereocenters. The first-order valence-corrected chi connectivity index (χ1v) is 9.41. The number of rotatable bonds is 2. The second-order valence-corrected chi connectivity index (χ2v) is 7.65. The molecular formula is C18H22N4OS. The Kier molecular flexibility index (Phi) is 4.00. The van der Waals surface area contributed by atoms with Crippen molar-refractivity contribution in [3.05, 3.63) is 39.0 Å². The van der Waals surface area contributed by atoms with Crippen LogP contribution in [0.15, 0.2) is 11.7 Å². The predicted molar refractivity (Wildman–Crippen MR) is 95.8 cm³/mol. The van der Waals surface area contributed by atoms with E-state index in [-0.39, 0.29) is 5.91 Å². The Labute approximate surface area is 146 Å². The summed E-state index contributed by atoms with van der Waals surface area (Å²) in [6, 6.07) is 0. The van der Waals surface area contributed by atoms with Crippen molar-refractivity contribution in [2.24, 2.45) is 0 Å². The summed E-state index contributed by atoms with van der Waals surface area (Å²) >= 11 is 1.62. The summed E-state index contributed by atoms with van der Waals surface area (Å²) in [5.74, 6) is 1.15. The Hall–Kier alpha value is -1.95. The van der Waals surface area contributed by atoms with Gasteiger partial charge in [-0.1, -0.05) is 0 Å². The van der Waals surface area contributed by atoms with Crippen LogP contribution in [0.25, 0.3) is 0 Å². The average molecular weight is 342 g/mol. The highest BCUT2D eigenvalue weighted by Gasteiger charge is 2.28. The van der Waals surface area contributed by atoms with E-state index in [1.807, 2.05) is 23.9 Å². The number of aromatic nitrogens is 2. The van der Waals surface area contributed by atoms with Crippen LogP contribution in [0.4, 0.5) is 5.82 Å². The van der Waals surface area contributed by atoms with E-state index >= 15 is 0 Å². The van der Waals surface area contributed by atoms with Gasteiger partial charge in [0.05, 0.1) is 17.1 Å². The second kappa shape index (κ2) is 6.16. The first kappa shape index (κ1) is 15.6. The highest BCUT2D eigenvalue weighted by molar-refractivity contribution is 7.12. The number of anilines is 1. The van der Waals surface area contributed by atoms with Gasteiger partial charge in [-0.3, -0.25) is 4.79 Å². The Morgan fingerprint density at radius 2 is 2.00 bits per heavy atom. The maximum Gasteiger partial charge on any atom is 0.264 e. The maximum absolute atomic E-state index is 13.0. The highest BCUT2D eigenvalue weighted by atomic mass is 32.1. The van der Waals surface area contributed by atoms with Crippen LogP contribution in [0.1, 0.15) is 44.9 Å². The van der Waals surface area contributed by atoms with Gasteiger partial charge in [-0.25, -0.2) is 9.97 Å². The molecule has 0 saturated carbocycles. The normalized spacial score (nSPS) is 16.5. The molecule has 0 fully saturated rings. The molecular weight excluding hydrogens is 320 g/mol. The van der Waals surface area contributed by atoms with Gasteiger partial charge in [0.25, 0.3) is 5.91 Å². The Balaban J connectivity index is 1.60. The molecule has 0 unspecified atom stereocenters. The van der Waals surface area contributed by atoms with Crippen LogP contribution < -0.4 is 4.90 Å². The number of hydrogen-bond donors (Lipinski definition) is 0. The number of nitrogens with zero attached hydrogens (tertiary/aromatic N) is 4. The molecule has 0 N–H and O–H groups in total. The maximum atomic E-state index is 13.0. The Bertz CT molecular complexity index is 783. The minimum Gasteiger partial charge on any atom is -0.362 e. The molecule has 24 heavy (non-hydrogen) atoms. The molecule has 6 heteroatoms. The first-order chi connectivity index (χ1) is 11.6. The van der Waals surface area contributed by atoms with Gasteiger partial charge in [-0.05, 0) is 48.6 Å². The lowest BCUT2D eigenvalue weighted by Crippen LogP contribution is -2.37. The zero-order valence-corrected chi connectivity index (χ0v) is 15.0. The van der Waals surface area contributed by atoms with Crippen molar-refractivity contribution in [1.82, 2.24) is 14.9 Å².